The summed E-state index contributed by atoms with van der Waals surface area (Å²) in [5, 5.41) is 11.5. The zero-order chi connectivity index (χ0) is 14.4. The molecule has 0 bridgehead atoms. The van der Waals surface area contributed by atoms with E-state index in [-0.39, 0.29) is 12.1 Å². The van der Waals surface area contributed by atoms with Crippen LogP contribution >= 0.6 is 0 Å². The summed E-state index contributed by atoms with van der Waals surface area (Å²) in [7, 11) is 1.75. The molecule has 1 aliphatic heterocycles. The molecule has 1 aliphatic rings. The highest BCUT2D eigenvalue weighted by atomic mass is 16.4. The van der Waals surface area contributed by atoms with E-state index >= 15 is 0 Å². The third-order valence-corrected chi connectivity index (χ3v) is 3.88. The lowest BCUT2D eigenvalue weighted by Gasteiger charge is -2.36. The van der Waals surface area contributed by atoms with Crippen LogP contribution in [0.2, 0.25) is 0 Å². The molecule has 2 N–H and O–H groups in total. The zero-order valence-electron chi connectivity index (χ0n) is 12.1. The number of urea groups is 1. The van der Waals surface area contributed by atoms with E-state index in [9.17, 15) is 9.59 Å². The summed E-state index contributed by atoms with van der Waals surface area (Å²) in [5.74, 6) is -0.981. The molecule has 0 radical (unpaired) electrons. The van der Waals surface area contributed by atoms with Crippen molar-refractivity contribution in [1.82, 2.24) is 15.1 Å². The second-order valence-electron chi connectivity index (χ2n) is 5.02. The highest BCUT2D eigenvalue weighted by Gasteiger charge is 2.27. The van der Waals surface area contributed by atoms with E-state index in [0.717, 1.165) is 32.5 Å². The Kier molecular flexibility index (Phi) is 6.08. The van der Waals surface area contributed by atoms with Gasteiger partial charge in [0.2, 0.25) is 0 Å². The highest BCUT2D eigenvalue weighted by Crippen LogP contribution is 2.15. The standard InChI is InChI=1S/C13H25N3O3/c1-4-11(12(17)18)14-13(19)15(3)10-6-8-16(5-2)9-7-10/h10-11H,4-9H2,1-3H3,(H,14,19)(H,17,18)/t11-/m0/s1. The molecule has 1 atom stereocenters. The summed E-state index contributed by atoms with van der Waals surface area (Å²) in [6.07, 6.45) is 2.28. The number of nitrogens with one attached hydrogen (secondary N) is 1. The van der Waals surface area contributed by atoms with Gasteiger partial charge in [-0.15, -0.1) is 0 Å². The number of nitrogens with zero attached hydrogens (tertiary/aromatic N) is 2. The van der Waals surface area contributed by atoms with Crippen molar-refractivity contribution < 1.29 is 14.7 Å². The second kappa shape index (κ2) is 7.33. The SMILES string of the molecule is CC[C@H](NC(=O)N(C)C1CCN(CC)CC1)C(=O)O. The van der Waals surface area contributed by atoms with Crippen LogP contribution in [-0.2, 0) is 4.79 Å². The Balaban J connectivity index is 2.46. The second-order valence-corrected chi connectivity index (χ2v) is 5.02. The van der Waals surface area contributed by atoms with Crippen LogP contribution < -0.4 is 5.32 Å². The molecule has 1 saturated heterocycles. The summed E-state index contributed by atoms with van der Waals surface area (Å²) in [6.45, 7) is 6.91. The largest absolute Gasteiger partial charge is 0.480 e. The first-order chi connectivity index (χ1) is 8.99. The molecular formula is C13H25N3O3. The first-order valence-corrected chi connectivity index (χ1v) is 6.98. The Morgan fingerprint density at radius 2 is 1.95 bits per heavy atom. The Morgan fingerprint density at radius 1 is 1.37 bits per heavy atom. The van der Waals surface area contributed by atoms with Gasteiger partial charge in [0.25, 0.3) is 0 Å². The number of piperidine rings is 1. The molecule has 110 valence electrons. The van der Waals surface area contributed by atoms with Crippen molar-refractivity contribution in [2.24, 2.45) is 0 Å². The van der Waals surface area contributed by atoms with Gasteiger partial charge in [-0.05, 0) is 25.8 Å². The minimum Gasteiger partial charge on any atom is -0.480 e. The molecule has 0 aromatic rings. The van der Waals surface area contributed by atoms with Crippen molar-refractivity contribution >= 4 is 12.0 Å². The molecule has 0 unspecified atom stereocenters. The quantitative estimate of drug-likeness (QED) is 0.781. The van der Waals surface area contributed by atoms with Crippen LogP contribution in [0, 0.1) is 0 Å². The molecular weight excluding hydrogens is 246 g/mol. The Hall–Kier alpha value is -1.30. The van der Waals surface area contributed by atoms with E-state index in [4.69, 9.17) is 5.11 Å². The maximum Gasteiger partial charge on any atom is 0.326 e. The van der Waals surface area contributed by atoms with Gasteiger partial charge in [-0.1, -0.05) is 13.8 Å². The molecule has 0 spiro atoms. The smallest absolute Gasteiger partial charge is 0.326 e. The Labute approximate surface area is 114 Å². The van der Waals surface area contributed by atoms with Gasteiger partial charge in [0, 0.05) is 26.2 Å². The molecule has 6 heteroatoms. The molecule has 19 heavy (non-hydrogen) atoms. The maximum absolute atomic E-state index is 12.0. The number of hydrogen-bond donors (Lipinski definition) is 2. The molecule has 1 rings (SSSR count). The van der Waals surface area contributed by atoms with Gasteiger partial charge < -0.3 is 20.2 Å². The minimum absolute atomic E-state index is 0.203. The first kappa shape index (κ1) is 15.8. The summed E-state index contributed by atoms with van der Waals surface area (Å²) in [4.78, 5) is 26.9. The normalized spacial score (nSPS) is 18.9. The van der Waals surface area contributed by atoms with E-state index in [0.29, 0.717) is 6.42 Å². The van der Waals surface area contributed by atoms with Crippen LogP contribution in [0.25, 0.3) is 0 Å². The van der Waals surface area contributed by atoms with E-state index in [1.807, 2.05) is 0 Å². The number of carbonyl (C=O) groups is 2. The Morgan fingerprint density at radius 3 is 2.37 bits per heavy atom. The topological polar surface area (TPSA) is 72.9 Å². The van der Waals surface area contributed by atoms with Gasteiger partial charge in [-0.3, -0.25) is 0 Å². The van der Waals surface area contributed by atoms with Crippen LogP contribution in [0.5, 0.6) is 0 Å². The van der Waals surface area contributed by atoms with E-state index in [1.54, 1.807) is 18.9 Å². The van der Waals surface area contributed by atoms with Crippen molar-refractivity contribution in [3.05, 3.63) is 0 Å². The average molecular weight is 271 g/mol. The molecule has 1 heterocycles. The molecule has 6 nitrogen and oxygen atoms in total. The number of aliphatic carboxylic acids is 1. The number of carboxylic acid groups (broad SMARTS) is 1. The lowest BCUT2D eigenvalue weighted by Crippen LogP contribution is -2.52. The van der Waals surface area contributed by atoms with Crippen LogP contribution in [0.3, 0.4) is 0 Å². The Bertz CT molecular complexity index is 314. The number of likely N-dealkylation sites (tertiary alicyclic amines) is 1. The van der Waals surface area contributed by atoms with E-state index in [1.165, 1.54) is 0 Å². The van der Waals surface area contributed by atoms with Crippen molar-refractivity contribution in [3.8, 4) is 0 Å². The lowest BCUT2D eigenvalue weighted by atomic mass is 10.0. The van der Waals surface area contributed by atoms with Gasteiger partial charge in [0.1, 0.15) is 6.04 Å². The molecule has 0 aliphatic carbocycles. The summed E-state index contributed by atoms with van der Waals surface area (Å²) < 4.78 is 0. The predicted molar refractivity (Wildman–Crippen MR) is 73.1 cm³/mol. The highest BCUT2D eigenvalue weighted by molar-refractivity contribution is 5.82. The number of hydrogen-bond acceptors (Lipinski definition) is 3. The third kappa shape index (κ3) is 4.38. The van der Waals surface area contributed by atoms with Gasteiger partial charge in [-0.2, -0.15) is 0 Å². The number of carbonyl (C=O) groups excluding carboxylic acids is 1. The molecule has 2 amide bonds. The monoisotopic (exact) mass is 271 g/mol. The molecule has 1 fully saturated rings. The van der Waals surface area contributed by atoms with Gasteiger partial charge in [-0.25, -0.2) is 9.59 Å². The van der Waals surface area contributed by atoms with Crippen molar-refractivity contribution in [3.63, 3.8) is 0 Å². The molecule has 0 aromatic carbocycles. The van der Waals surface area contributed by atoms with Crippen LogP contribution in [-0.4, -0.2) is 65.7 Å². The minimum atomic E-state index is -0.981. The summed E-state index contributed by atoms with van der Waals surface area (Å²) in [5.41, 5.74) is 0. The van der Waals surface area contributed by atoms with Gasteiger partial charge in [0.05, 0.1) is 0 Å². The summed E-state index contributed by atoms with van der Waals surface area (Å²) >= 11 is 0. The van der Waals surface area contributed by atoms with Crippen LogP contribution in [0.1, 0.15) is 33.1 Å². The van der Waals surface area contributed by atoms with Gasteiger partial charge in [0.15, 0.2) is 0 Å². The maximum atomic E-state index is 12.0. The van der Waals surface area contributed by atoms with Gasteiger partial charge >= 0.3 is 12.0 Å². The van der Waals surface area contributed by atoms with E-state index < -0.39 is 12.0 Å². The fraction of sp³-hybridized carbons (Fsp3) is 0.846. The van der Waals surface area contributed by atoms with E-state index in [2.05, 4.69) is 17.1 Å². The first-order valence-electron chi connectivity index (χ1n) is 6.98. The number of amides is 2. The number of carboxylic acids is 1. The fourth-order valence-corrected chi connectivity index (χ4v) is 2.38. The molecule has 0 aromatic heterocycles. The average Bonchev–Trinajstić information content (AvgIpc) is 2.43. The summed E-state index contributed by atoms with van der Waals surface area (Å²) in [6, 6.07) is -0.885. The van der Waals surface area contributed by atoms with Crippen LogP contribution in [0.15, 0.2) is 0 Å². The predicted octanol–water partition coefficient (Wildman–Crippen LogP) is 0.975. The van der Waals surface area contributed by atoms with Crippen LogP contribution in [0.4, 0.5) is 4.79 Å². The third-order valence-electron chi connectivity index (χ3n) is 3.88. The lowest BCUT2D eigenvalue weighted by molar-refractivity contribution is -0.139. The molecule has 0 saturated carbocycles. The zero-order valence-corrected chi connectivity index (χ0v) is 12.1. The fourth-order valence-electron chi connectivity index (χ4n) is 2.38. The van der Waals surface area contributed by atoms with Crippen molar-refractivity contribution in [2.75, 3.05) is 26.7 Å². The number of rotatable bonds is 5. The van der Waals surface area contributed by atoms with Crippen molar-refractivity contribution in [2.45, 2.75) is 45.2 Å². The van der Waals surface area contributed by atoms with Crippen molar-refractivity contribution in [1.29, 1.82) is 0 Å².